The lowest BCUT2D eigenvalue weighted by molar-refractivity contribution is 0.242. The van der Waals surface area contributed by atoms with E-state index in [0.29, 0.717) is 5.11 Å². The zero-order valence-corrected chi connectivity index (χ0v) is 15.3. The molecule has 1 atom stereocenters. The first-order valence-corrected chi connectivity index (χ1v) is 8.37. The molecule has 0 aliphatic carbocycles. The molecule has 0 aliphatic rings. The zero-order valence-electron chi connectivity index (χ0n) is 14.5. The molecule has 0 aromatic heterocycles. The second-order valence-electron chi connectivity index (χ2n) is 5.79. The Morgan fingerprint density at radius 3 is 2.33 bits per heavy atom. The maximum atomic E-state index is 5.69. The Labute approximate surface area is 149 Å². The Morgan fingerprint density at radius 2 is 1.71 bits per heavy atom. The van der Waals surface area contributed by atoms with Crippen LogP contribution in [0, 0.1) is 0 Å². The van der Waals surface area contributed by atoms with E-state index in [1.807, 2.05) is 62.4 Å². The van der Waals surface area contributed by atoms with Crippen molar-refractivity contribution >= 4 is 23.0 Å². The third kappa shape index (κ3) is 5.42. The monoisotopic (exact) mass is 344 g/mol. The van der Waals surface area contributed by atoms with Crippen LogP contribution >= 0.6 is 12.2 Å². The Hall–Kier alpha value is -2.27. The molecule has 0 saturated carbocycles. The van der Waals surface area contributed by atoms with E-state index in [-0.39, 0.29) is 12.1 Å². The number of thiocarbonyl (C=S) groups is 1. The normalized spacial score (nSPS) is 11.7. The van der Waals surface area contributed by atoms with Crippen molar-refractivity contribution in [1.29, 1.82) is 0 Å². The molecule has 0 saturated heterocycles. The minimum absolute atomic E-state index is 0.0889. The number of hydrogen-bond acceptors (Lipinski definition) is 3. The lowest BCUT2D eigenvalue weighted by Gasteiger charge is -2.18. The van der Waals surface area contributed by atoms with Crippen molar-refractivity contribution in [2.45, 2.75) is 32.9 Å². The van der Waals surface area contributed by atoms with Gasteiger partial charge in [0, 0.05) is 11.8 Å². The number of benzene rings is 2. The summed E-state index contributed by atoms with van der Waals surface area (Å²) in [7, 11) is 1.66. The van der Waals surface area contributed by atoms with Crippen molar-refractivity contribution in [1.82, 2.24) is 5.32 Å². The Bertz CT molecular complexity index is 671. The number of methoxy groups -OCH3 is 1. The predicted molar refractivity (Wildman–Crippen MR) is 103 cm³/mol. The van der Waals surface area contributed by atoms with Gasteiger partial charge in [-0.15, -0.1) is 0 Å². The van der Waals surface area contributed by atoms with Crippen LogP contribution in [0.25, 0.3) is 0 Å². The highest BCUT2D eigenvalue weighted by atomic mass is 32.1. The minimum atomic E-state index is 0.0889. The first-order valence-electron chi connectivity index (χ1n) is 7.96. The van der Waals surface area contributed by atoms with Gasteiger partial charge in [-0.2, -0.15) is 0 Å². The van der Waals surface area contributed by atoms with Crippen LogP contribution in [0.1, 0.15) is 32.4 Å². The van der Waals surface area contributed by atoms with Crippen LogP contribution in [0.2, 0.25) is 0 Å². The van der Waals surface area contributed by atoms with Crippen LogP contribution in [0.3, 0.4) is 0 Å². The molecule has 0 fully saturated rings. The van der Waals surface area contributed by atoms with E-state index in [1.165, 1.54) is 0 Å². The fourth-order valence-corrected chi connectivity index (χ4v) is 2.55. The lowest BCUT2D eigenvalue weighted by Crippen LogP contribution is -2.30. The average molecular weight is 344 g/mol. The highest BCUT2D eigenvalue weighted by Crippen LogP contribution is 2.20. The Morgan fingerprint density at radius 1 is 1.00 bits per heavy atom. The molecule has 0 heterocycles. The van der Waals surface area contributed by atoms with E-state index in [1.54, 1.807) is 7.11 Å². The van der Waals surface area contributed by atoms with Crippen molar-refractivity contribution in [3.8, 4) is 11.5 Å². The summed E-state index contributed by atoms with van der Waals surface area (Å²) in [6.07, 6.45) is 0.139. The van der Waals surface area contributed by atoms with Gasteiger partial charge < -0.3 is 20.1 Å². The van der Waals surface area contributed by atoms with E-state index in [2.05, 4.69) is 17.6 Å². The summed E-state index contributed by atoms with van der Waals surface area (Å²) in [6, 6.07) is 15.8. The maximum Gasteiger partial charge on any atom is 0.171 e. The topological polar surface area (TPSA) is 42.5 Å². The SMILES string of the molecule is COc1ccc([C@@H](C)NC(=S)Nc2cccc(OC(C)C)c2)cc1. The molecule has 0 spiro atoms. The summed E-state index contributed by atoms with van der Waals surface area (Å²) < 4.78 is 10.9. The molecule has 2 aromatic carbocycles. The fraction of sp³-hybridized carbons (Fsp3) is 0.316. The molecular weight excluding hydrogens is 320 g/mol. The van der Waals surface area contributed by atoms with Crippen molar-refractivity contribution in [2.24, 2.45) is 0 Å². The molecule has 2 rings (SSSR count). The molecule has 0 amide bonds. The van der Waals surface area contributed by atoms with Crippen LogP contribution in [-0.4, -0.2) is 18.3 Å². The predicted octanol–water partition coefficient (Wildman–Crippen LogP) is 4.53. The molecule has 2 aromatic rings. The summed E-state index contributed by atoms with van der Waals surface area (Å²) in [5.41, 5.74) is 2.03. The zero-order chi connectivity index (χ0) is 17.5. The van der Waals surface area contributed by atoms with Crippen LogP contribution < -0.4 is 20.1 Å². The quantitative estimate of drug-likeness (QED) is 0.754. The third-order valence-electron chi connectivity index (χ3n) is 3.43. The van der Waals surface area contributed by atoms with Gasteiger partial charge in [0.15, 0.2) is 5.11 Å². The number of anilines is 1. The summed E-state index contributed by atoms with van der Waals surface area (Å²) >= 11 is 5.40. The molecule has 24 heavy (non-hydrogen) atoms. The molecule has 5 heteroatoms. The largest absolute Gasteiger partial charge is 0.497 e. The second-order valence-corrected chi connectivity index (χ2v) is 6.20. The summed E-state index contributed by atoms with van der Waals surface area (Å²) in [6.45, 7) is 6.07. The van der Waals surface area contributed by atoms with Gasteiger partial charge in [-0.3, -0.25) is 0 Å². The first kappa shape index (κ1) is 18.1. The van der Waals surface area contributed by atoms with Crippen LogP contribution in [0.4, 0.5) is 5.69 Å². The van der Waals surface area contributed by atoms with Gasteiger partial charge in [-0.05, 0) is 62.8 Å². The molecule has 4 nitrogen and oxygen atoms in total. The Kier molecular flexibility index (Phi) is 6.44. The molecule has 128 valence electrons. The van der Waals surface area contributed by atoms with Gasteiger partial charge in [-0.1, -0.05) is 18.2 Å². The first-order chi connectivity index (χ1) is 11.5. The fourth-order valence-electron chi connectivity index (χ4n) is 2.26. The maximum absolute atomic E-state index is 5.69. The number of rotatable bonds is 6. The van der Waals surface area contributed by atoms with Gasteiger partial charge >= 0.3 is 0 Å². The molecule has 0 bridgehead atoms. The number of hydrogen-bond donors (Lipinski definition) is 2. The van der Waals surface area contributed by atoms with Gasteiger partial charge in [0.25, 0.3) is 0 Å². The molecule has 0 unspecified atom stereocenters. The second kappa shape index (κ2) is 8.55. The van der Waals surface area contributed by atoms with Crippen molar-refractivity contribution in [3.63, 3.8) is 0 Å². The number of ether oxygens (including phenoxy) is 2. The van der Waals surface area contributed by atoms with E-state index < -0.39 is 0 Å². The third-order valence-corrected chi connectivity index (χ3v) is 3.65. The molecule has 0 aliphatic heterocycles. The van der Waals surface area contributed by atoms with Gasteiger partial charge in [0.1, 0.15) is 11.5 Å². The van der Waals surface area contributed by atoms with Crippen LogP contribution in [-0.2, 0) is 0 Å². The highest BCUT2D eigenvalue weighted by molar-refractivity contribution is 7.80. The van der Waals surface area contributed by atoms with Crippen molar-refractivity contribution < 1.29 is 9.47 Å². The Balaban J connectivity index is 1.94. The van der Waals surface area contributed by atoms with E-state index >= 15 is 0 Å². The van der Waals surface area contributed by atoms with Crippen molar-refractivity contribution in [3.05, 3.63) is 54.1 Å². The van der Waals surface area contributed by atoms with Crippen LogP contribution in [0.15, 0.2) is 48.5 Å². The standard InChI is InChI=1S/C19H24N2O2S/c1-13(2)23-18-7-5-6-16(12-18)21-19(24)20-14(3)15-8-10-17(22-4)11-9-15/h5-14H,1-4H3,(H2,20,21,24)/t14-/m1/s1. The van der Waals surface area contributed by atoms with E-state index in [0.717, 1.165) is 22.7 Å². The summed E-state index contributed by atoms with van der Waals surface area (Å²) in [5, 5.41) is 7.04. The molecule has 2 N–H and O–H groups in total. The van der Waals surface area contributed by atoms with Crippen LogP contribution in [0.5, 0.6) is 11.5 Å². The smallest absolute Gasteiger partial charge is 0.171 e. The summed E-state index contributed by atoms with van der Waals surface area (Å²) in [4.78, 5) is 0. The van der Waals surface area contributed by atoms with Gasteiger partial charge in [-0.25, -0.2) is 0 Å². The average Bonchev–Trinajstić information content (AvgIpc) is 2.54. The molecular formula is C19H24N2O2S. The minimum Gasteiger partial charge on any atom is -0.497 e. The van der Waals surface area contributed by atoms with E-state index in [4.69, 9.17) is 21.7 Å². The molecule has 0 radical (unpaired) electrons. The van der Waals surface area contributed by atoms with E-state index in [9.17, 15) is 0 Å². The summed E-state index contributed by atoms with van der Waals surface area (Å²) in [5.74, 6) is 1.66. The lowest BCUT2D eigenvalue weighted by atomic mass is 10.1. The van der Waals surface area contributed by atoms with Gasteiger partial charge in [0.2, 0.25) is 0 Å². The number of nitrogens with one attached hydrogen (secondary N) is 2. The van der Waals surface area contributed by atoms with Crippen molar-refractivity contribution in [2.75, 3.05) is 12.4 Å². The highest BCUT2D eigenvalue weighted by Gasteiger charge is 2.08. The van der Waals surface area contributed by atoms with Gasteiger partial charge in [0.05, 0.1) is 19.3 Å².